The number of hydrogen-bond acceptors (Lipinski definition) is 4. The molecule has 4 atom stereocenters. The molecule has 2 saturated carbocycles. The maximum atomic E-state index is 12.8. The Bertz CT molecular complexity index is 400. The normalized spacial score (nSPS) is 37.5. The number of nitrogens with one attached hydrogen (secondary N) is 1. The third-order valence-electron chi connectivity index (χ3n) is 5.15. The average molecular weight is 282 g/mol. The number of nitrogens with two attached hydrogens (primary N) is 1. The highest BCUT2D eigenvalue weighted by atomic mass is 16.5. The average Bonchev–Trinajstić information content (AvgIpc) is 2.79. The van der Waals surface area contributed by atoms with Gasteiger partial charge in [-0.2, -0.15) is 0 Å². The van der Waals surface area contributed by atoms with Crippen LogP contribution in [0.4, 0.5) is 0 Å². The molecule has 0 bridgehead atoms. The molecule has 2 aliphatic carbocycles. The molecule has 0 amide bonds. The monoisotopic (exact) mass is 282 g/mol. The number of rotatable bonds is 4. The summed E-state index contributed by atoms with van der Waals surface area (Å²) in [5, 5.41) is 3.49. The summed E-state index contributed by atoms with van der Waals surface area (Å²) >= 11 is 0. The van der Waals surface area contributed by atoms with E-state index in [-0.39, 0.29) is 23.2 Å². The van der Waals surface area contributed by atoms with Crippen molar-refractivity contribution in [1.29, 1.82) is 0 Å². The van der Waals surface area contributed by atoms with Crippen molar-refractivity contribution in [3.63, 3.8) is 0 Å². The molecule has 4 nitrogen and oxygen atoms in total. The van der Waals surface area contributed by atoms with E-state index >= 15 is 0 Å². The SMILES string of the molecule is CC1CCC2C(C)(C)C2(NC(CN)OC(C)(C)C)C1=O. The summed E-state index contributed by atoms with van der Waals surface area (Å²) in [6.45, 7) is 12.8. The zero-order valence-electron chi connectivity index (χ0n) is 13.7. The van der Waals surface area contributed by atoms with E-state index in [9.17, 15) is 4.79 Å². The highest BCUT2D eigenvalue weighted by Gasteiger charge is 2.76. The summed E-state index contributed by atoms with van der Waals surface area (Å²) in [5.74, 6) is 0.889. The van der Waals surface area contributed by atoms with E-state index < -0.39 is 5.54 Å². The smallest absolute Gasteiger partial charge is 0.156 e. The van der Waals surface area contributed by atoms with Crippen molar-refractivity contribution < 1.29 is 9.53 Å². The van der Waals surface area contributed by atoms with Gasteiger partial charge in [-0.1, -0.05) is 20.8 Å². The molecule has 0 aromatic rings. The van der Waals surface area contributed by atoms with Crippen molar-refractivity contribution in [2.75, 3.05) is 6.54 Å². The Hall–Kier alpha value is -0.450. The van der Waals surface area contributed by atoms with Gasteiger partial charge in [-0.3, -0.25) is 10.1 Å². The molecule has 2 fully saturated rings. The van der Waals surface area contributed by atoms with Crippen LogP contribution in [0.2, 0.25) is 0 Å². The molecule has 20 heavy (non-hydrogen) atoms. The summed E-state index contributed by atoms with van der Waals surface area (Å²) in [6.07, 6.45) is 1.84. The number of carbonyl (C=O) groups excluding carboxylic acids is 1. The minimum Gasteiger partial charge on any atom is -0.356 e. The van der Waals surface area contributed by atoms with Crippen LogP contribution in [-0.2, 0) is 9.53 Å². The lowest BCUT2D eigenvalue weighted by Gasteiger charge is -2.34. The third-order valence-corrected chi connectivity index (χ3v) is 5.15. The minimum absolute atomic E-state index is 0.00348. The lowest BCUT2D eigenvalue weighted by atomic mass is 9.84. The number of Topliss-reactive ketones (excluding diaryl/α,β-unsaturated/α-hetero) is 1. The molecule has 0 radical (unpaired) electrons. The molecule has 0 aromatic carbocycles. The van der Waals surface area contributed by atoms with Crippen molar-refractivity contribution in [1.82, 2.24) is 5.32 Å². The van der Waals surface area contributed by atoms with Gasteiger partial charge >= 0.3 is 0 Å². The van der Waals surface area contributed by atoms with Crippen LogP contribution < -0.4 is 11.1 Å². The molecule has 0 heterocycles. The summed E-state index contributed by atoms with van der Waals surface area (Å²) in [6, 6.07) is 0. The van der Waals surface area contributed by atoms with Gasteiger partial charge in [0.1, 0.15) is 6.23 Å². The first kappa shape index (κ1) is 15.9. The number of hydrogen-bond donors (Lipinski definition) is 2. The first-order chi connectivity index (χ1) is 9.06. The second-order valence-electron chi connectivity index (χ2n) is 8.02. The van der Waals surface area contributed by atoms with Crippen LogP contribution in [0.5, 0.6) is 0 Å². The molecule has 4 unspecified atom stereocenters. The summed E-state index contributed by atoms with van der Waals surface area (Å²) in [7, 11) is 0. The van der Waals surface area contributed by atoms with Crippen LogP contribution in [-0.4, -0.2) is 29.7 Å². The van der Waals surface area contributed by atoms with Gasteiger partial charge in [0.05, 0.1) is 11.1 Å². The Kier molecular flexibility index (Phi) is 3.81. The number of carbonyl (C=O) groups is 1. The van der Waals surface area contributed by atoms with Crippen molar-refractivity contribution in [2.45, 2.75) is 71.8 Å². The zero-order chi connectivity index (χ0) is 15.3. The lowest BCUT2D eigenvalue weighted by molar-refractivity contribution is -0.133. The fourth-order valence-electron chi connectivity index (χ4n) is 4.05. The second kappa shape index (κ2) is 4.79. The van der Waals surface area contributed by atoms with E-state index in [0.717, 1.165) is 12.8 Å². The molecule has 0 aliphatic heterocycles. The standard InChI is InChI=1S/C16H30N2O2/c1-10-7-8-11-15(5,6)16(11,13(10)19)18-12(9-17)20-14(2,3)4/h10-12,18H,7-9,17H2,1-6H3. The van der Waals surface area contributed by atoms with Gasteiger partial charge in [0.2, 0.25) is 0 Å². The van der Waals surface area contributed by atoms with Crippen molar-refractivity contribution in [2.24, 2.45) is 23.0 Å². The van der Waals surface area contributed by atoms with E-state index in [1.165, 1.54) is 0 Å². The second-order valence-corrected chi connectivity index (χ2v) is 8.02. The Morgan fingerprint density at radius 2 is 2.00 bits per heavy atom. The van der Waals surface area contributed by atoms with Crippen molar-refractivity contribution in [3.8, 4) is 0 Å². The van der Waals surface area contributed by atoms with Gasteiger partial charge in [0.25, 0.3) is 0 Å². The molecule has 116 valence electrons. The van der Waals surface area contributed by atoms with Crippen LogP contribution >= 0.6 is 0 Å². The Morgan fingerprint density at radius 3 is 2.50 bits per heavy atom. The van der Waals surface area contributed by atoms with E-state index in [4.69, 9.17) is 10.5 Å². The van der Waals surface area contributed by atoms with Crippen LogP contribution in [0, 0.1) is 17.3 Å². The largest absolute Gasteiger partial charge is 0.356 e. The number of ether oxygens (including phenoxy) is 1. The first-order valence-electron chi connectivity index (χ1n) is 7.76. The molecular formula is C16H30N2O2. The van der Waals surface area contributed by atoms with Gasteiger partial charge in [-0.25, -0.2) is 0 Å². The zero-order valence-corrected chi connectivity index (χ0v) is 13.7. The quantitative estimate of drug-likeness (QED) is 0.775. The van der Waals surface area contributed by atoms with Crippen LogP contribution in [0.1, 0.15) is 54.4 Å². The van der Waals surface area contributed by atoms with E-state index in [1.54, 1.807) is 0 Å². The highest BCUT2D eigenvalue weighted by Crippen LogP contribution is 2.67. The van der Waals surface area contributed by atoms with Crippen LogP contribution in [0.25, 0.3) is 0 Å². The predicted molar refractivity (Wildman–Crippen MR) is 80.2 cm³/mol. The molecule has 0 spiro atoms. The fraction of sp³-hybridized carbons (Fsp3) is 0.938. The summed E-state index contributed by atoms with van der Waals surface area (Å²) in [5.41, 5.74) is 5.14. The fourth-order valence-corrected chi connectivity index (χ4v) is 4.05. The van der Waals surface area contributed by atoms with Crippen LogP contribution in [0.15, 0.2) is 0 Å². The molecule has 3 N–H and O–H groups in total. The minimum atomic E-state index is -0.431. The van der Waals surface area contributed by atoms with Gasteiger partial charge in [0, 0.05) is 12.5 Å². The van der Waals surface area contributed by atoms with Gasteiger partial charge in [-0.15, -0.1) is 0 Å². The van der Waals surface area contributed by atoms with Crippen LogP contribution in [0.3, 0.4) is 0 Å². The third kappa shape index (κ3) is 2.32. The highest BCUT2D eigenvalue weighted by molar-refractivity contribution is 5.96. The topological polar surface area (TPSA) is 64.3 Å². The van der Waals surface area contributed by atoms with Gasteiger partial charge in [0.15, 0.2) is 5.78 Å². The van der Waals surface area contributed by atoms with Crippen molar-refractivity contribution in [3.05, 3.63) is 0 Å². The Labute approximate surface area is 122 Å². The molecule has 4 heteroatoms. The number of ketones is 1. The predicted octanol–water partition coefficient (Wildman–Crippen LogP) is 2.07. The van der Waals surface area contributed by atoms with Gasteiger partial charge in [-0.05, 0) is 44.9 Å². The molecule has 2 rings (SSSR count). The van der Waals surface area contributed by atoms with E-state index in [0.29, 0.717) is 18.2 Å². The Morgan fingerprint density at radius 1 is 1.40 bits per heavy atom. The molecule has 0 aromatic heterocycles. The number of fused-ring (bicyclic) bond motifs is 1. The summed E-state index contributed by atoms with van der Waals surface area (Å²) in [4.78, 5) is 12.8. The van der Waals surface area contributed by atoms with E-state index in [1.807, 2.05) is 27.7 Å². The molecular weight excluding hydrogens is 252 g/mol. The maximum absolute atomic E-state index is 12.8. The lowest BCUT2D eigenvalue weighted by Crippen LogP contribution is -2.56. The first-order valence-corrected chi connectivity index (χ1v) is 7.76. The molecule has 0 saturated heterocycles. The Balaban J connectivity index is 2.19. The summed E-state index contributed by atoms with van der Waals surface area (Å²) < 4.78 is 5.97. The van der Waals surface area contributed by atoms with Gasteiger partial charge < -0.3 is 10.5 Å². The maximum Gasteiger partial charge on any atom is 0.156 e. The molecule has 2 aliphatic rings. The van der Waals surface area contributed by atoms with Crippen molar-refractivity contribution >= 4 is 5.78 Å². The van der Waals surface area contributed by atoms with E-state index in [2.05, 4.69) is 19.2 Å².